The molecule has 0 saturated heterocycles. The fourth-order valence-corrected chi connectivity index (χ4v) is 2.17. The number of amides is 1. The van der Waals surface area contributed by atoms with Crippen molar-refractivity contribution >= 4 is 11.7 Å². The Hall–Kier alpha value is -0.900. The maximum atomic E-state index is 12.3. The van der Waals surface area contributed by atoms with Crippen LogP contribution in [0.5, 0.6) is 0 Å². The van der Waals surface area contributed by atoms with Crippen molar-refractivity contribution < 1.29 is 9.59 Å². The number of ketones is 1. The molecule has 0 rings (SSSR count). The number of unbranched alkanes of at least 4 members (excludes halogenated alkanes) is 3. The van der Waals surface area contributed by atoms with Crippen molar-refractivity contribution in [1.29, 1.82) is 0 Å². The quantitative estimate of drug-likeness (QED) is 0.464. The molecule has 4 heteroatoms. The SMILES string of the molecule is CCCCCCC(CC)C(=O)C(N)(CC)C(N)=O. The number of primary amides is 1. The summed E-state index contributed by atoms with van der Waals surface area (Å²) in [4.78, 5) is 23.7. The van der Waals surface area contributed by atoms with Gasteiger partial charge in [0.2, 0.25) is 5.91 Å². The zero-order valence-corrected chi connectivity index (χ0v) is 12.0. The molecule has 2 unspecified atom stereocenters. The number of carbonyl (C=O) groups excluding carboxylic acids is 2. The van der Waals surface area contributed by atoms with Gasteiger partial charge < -0.3 is 11.5 Å². The largest absolute Gasteiger partial charge is 0.368 e. The molecule has 1 amide bonds. The standard InChI is InChI=1S/C14H28N2O2/c1-4-7-8-9-10-11(5-2)12(17)14(16,6-3)13(15)18/h11H,4-10,16H2,1-3H3,(H2,15,18). The third-order valence-electron chi connectivity index (χ3n) is 3.71. The van der Waals surface area contributed by atoms with Crippen molar-refractivity contribution in [3.8, 4) is 0 Å². The molecule has 0 aromatic carbocycles. The minimum Gasteiger partial charge on any atom is -0.368 e. The van der Waals surface area contributed by atoms with E-state index in [1.54, 1.807) is 6.92 Å². The Morgan fingerprint density at radius 1 is 1.11 bits per heavy atom. The normalized spacial score (nSPS) is 16.0. The highest BCUT2D eigenvalue weighted by atomic mass is 16.2. The van der Waals surface area contributed by atoms with E-state index in [1.165, 1.54) is 12.8 Å². The summed E-state index contributed by atoms with van der Waals surface area (Å²) >= 11 is 0. The second-order valence-corrected chi connectivity index (χ2v) is 5.01. The smallest absolute Gasteiger partial charge is 0.245 e. The lowest BCUT2D eigenvalue weighted by atomic mass is 9.80. The van der Waals surface area contributed by atoms with Crippen LogP contribution in [-0.2, 0) is 9.59 Å². The van der Waals surface area contributed by atoms with Crippen molar-refractivity contribution in [3.63, 3.8) is 0 Å². The molecule has 0 radical (unpaired) electrons. The van der Waals surface area contributed by atoms with Crippen LogP contribution in [0.15, 0.2) is 0 Å². The molecule has 4 N–H and O–H groups in total. The zero-order chi connectivity index (χ0) is 14.2. The van der Waals surface area contributed by atoms with E-state index in [2.05, 4.69) is 6.92 Å². The van der Waals surface area contributed by atoms with Gasteiger partial charge in [0.15, 0.2) is 11.3 Å². The molecular weight excluding hydrogens is 228 g/mol. The van der Waals surface area contributed by atoms with Crippen LogP contribution < -0.4 is 11.5 Å². The Bertz CT molecular complexity index is 279. The average Bonchev–Trinajstić information content (AvgIpc) is 2.37. The molecule has 0 spiro atoms. The molecule has 2 atom stereocenters. The van der Waals surface area contributed by atoms with E-state index in [4.69, 9.17) is 11.5 Å². The number of hydrogen-bond acceptors (Lipinski definition) is 3. The molecule has 4 nitrogen and oxygen atoms in total. The van der Waals surface area contributed by atoms with E-state index in [1.807, 2.05) is 6.92 Å². The lowest BCUT2D eigenvalue weighted by Gasteiger charge is -2.27. The van der Waals surface area contributed by atoms with E-state index in [9.17, 15) is 9.59 Å². The fourth-order valence-electron chi connectivity index (χ4n) is 2.17. The maximum absolute atomic E-state index is 12.3. The molecule has 106 valence electrons. The van der Waals surface area contributed by atoms with Crippen LogP contribution in [0.25, 0.3) is 0 Å². The van der Waals surface area contributed by atoms with Gasteiger partial charge in [0.05, 0.1) is 0 Å². The fraction of sp³-hybridized carbons (Fsp3) is 0.857. The Kier molecular flexibility index (Phi) is 7.83. The first kappa shape index (κ1) is 17.1. The van der Waals surface area contributed by atoms with Gasteiger partial charge in [-0.05, 0) is 19.3 Å². The van der Waals surface area contributed by atoms with Crippen LogP contribution in [0.4, 0.5) is 0 Å². The van der Waals surface area contributed by atoms with E-state index < -0.39 is 11.4 Å². The highest BCUT2D eigenvalue weighted by Gasteiger charge is 2.41. The molecule has 0 aliphatic heterocycles. The topological polar surface area (TPSA) is 86.2 Å². The van der Waals surface area contributed by atoms with Crippen LogP contribution >= 0.6 is 0 Å². The molecule has 0 aromatic rings. The molecule has 0 bridgehead atoms. The number of carbonyl (C=O) groups is 2. The van der Waals surface area contributed by atoms with Crippen LogP contribution in [0, 0.1) is 5.92 Å². The first-order valence-corrected chi connectivity index (χ1v) is 7.07. The van der Waals surface area contributed by atoms with Gasteiger partial charge >= 0.3 is 0 Å². The summed E-state index contributed by atoms with van der Waals surface area (Å²) in [6.07, 6.45) is 6.28. The van der Waals surface area contributed by atoms with Gasteiger partial charge in [0.1, 0.15) is 0 Å². The molecular formula is C14H28N2O2. The predicted molar refractivity (Wildman–Crippen MR) is 74.0 cm³/mol. The molecule has 0 aromatic heterocycles. The van der Waals surface area contributed by atoms with E-state index in [-0.39, 0.29) is 18.1 Å². The van der Waals surface area contributed by atoms with Crippen LogP contribution in [0.3, 0.4) is 0 Å². The summed E-state index contributed by atoms with van der Waals surface area (Å²) in [6, 6.07) is 0. The van der Waals surface area contributed by atoms with Crippen molar-refractivity contribution in [2.24, 2.45) is 17.4 Å². The molecule has 18 heavy (non-hydrogen) atoms. The van der Waals surface area contributed by atoms with Crippen LogP contribution in [0.1, 0.15) is 65.7 Å². The Balaban J connectivity index is 4.54. The van der Waals surface area contributed by atoms with Gasteiger partial charge in [-0.3, -0.25) is 9.59 Å². The second-order valence-electron chi connectivity index (χ2n) is 5.01. The van der Waals surface area contributed by atoms with Crippen molar-refractivity contribution in [3.05, 3.63) is 0 Å². The number of hydrogen-bond donors (Lipinski definition) is 2. The van der Waals surface area contributed by atoms with Crippen molar-refractivity contribution in [1.82, 2.24) is 0 Å². The van der Waals surface area contributed by atoms with Gasteiger partial charge in [0.25, 0.3) is 0 Å². The molecule has 0 aliphatic carbocycles. The van der Waals surface area contributed by atoms with Crippen LogP contribution in [-0.4, -0.2) is 17.2 Å². The third kappa shape index (κ3) is 4.41. The molecule has 0 heterocycles. The van der Waals surface area contributed by atoms with Gasteiger partial charge in [0, 0.05) is 5.92 Å². The first-order valence-electron chi connectivity index (χ1n) is 7.07. The second kappa shape index (κ2) is 8.25. The summed E-state index contributed by atoms with van der Waals surface area (Å²) in [6.45, 7) is 5.84. The molecule has 0 fully saturated rings. The van der Waals surface area contributed by atoms with Gasteiger partial charge in [-0.25, -0.2) is 0 Å². The lowest BCUT2D eigenvalue weighted by Crippen LogP contribution is -2.59. The summed E-state index contributed by atoms with van der Waals surface area (Å²) in [5.41, 5.74) is 9.65. The zero-order valence-electron chi connectivity index (χ0n) is 12.0. The minimum atomic E-state index is -1.48. The van der Waals surface area contributed by atoms with Gasteiger partial charge in [-0.1, -0.05) is 46.5 Å². The Morgan fingerprint density at radius 2 is 1.72 bits per heavy atom. The monoisotopic (exact) mass is 256 g/mol. The first-order chi connectivity index (χ1) is 8.43. The highest BCUT2D eigenvalue weighted by Crippen LogP contribution is 2.22. The number of rotatable bonds is 10. The van der Waals surface area contributed by atoms with Gasteiger partial charge in [-0.15, -0.1) is 0 Å². The molecule has 0 aliphatic rings. The van der Waals surface area contributed by atoms with Gasteiger partial charge in [-0.2, -0.15) is 0 Å². The average molecular weight is 256 g/mol. The number of Topliss-reactive ketones (excluding diaryl/α,β-unsaturated/α-hetero) is 1. The summed E-state index contributed by atoms with van der Waals surface area (Å²) in [7, 11) is 0. The van der Waals surface area contributed by atoms with E-state index >= 15 is 0 Å². The highest BCUT2D eigenvalue weighted by molar-refractivity contribution is 6.10. The summed E-state index contributed by atoms with van der Waals surface area (Å²) < 4.78 is 0. The lowest BCUT2D eigenvalue weighted by molar-refractivity contribution is -0.137. The van der Waals surface area contributed by atoms with Crippen molar-refractivity contribution in [2.75, 3.05) is 0 Å². The van der Waals surface area contributed by atoms with Crippen LogP contribution in [0.2, 0.25) is 0 Å². The third-order valence-corrected chi connectivity index (χ3v) is 3.71. The summed E-state index contributed by atoms with van der Waals surface area (Å²) in [5, 5.41) is 0. The predicted octanol–water partition coefficient (Wildman–Crippen LogP) is 2.14. The van der Waals surface area contributed by atoms with E-state index in [0.717, 1.165) is 25.7 Å². The summed E-state index contributed by atoms with van der Waals surface area (Å²) in [5.74, 6) is -1.03. The Morgan fingerprint density at radius 3 is 2.11 bits per heavy atom. The maximum Gasteiger partial charge on any atom is 0.245 e. The Labute approximate surface area is 110 Å². The minimum absolute atomic E-state index is 0.140. The van der Waals surface area contributed by atoms with E-state index in [0.29, 0.717) is 0 Å². The molecule has 0 saturated carbocycles. The van der Waals surface area contributed by atoms with Crippen molar-refractivity contribution in [2.45, 2.75) is 71.3 Å². The number of nitrogens with two attached hydrogens (primary N) is 2.